The van der Waals surface area contributed by atoms with Gasteiger partial charge in [-0.25, -0.2) is 0 Å². The van der Waals surface area contributed by atoms with Gasteiger partial charge in [-0.3, -0.25) is 40.5 Å². The van der Waals surface area contributed by atoms with Gasteiger partial charge >= 0.3 is 11.8 Å². The van der Waals surface area contributed by atoms with E-state index in [1.54, 1.807) is 0 Å². The normalized spacial score (nSPS) is 11.2. The van der Waals surface area contributed by atoms with Crippen LogP contribution < -0.4 is 0 Å². The topological polar surface area (TPSA) is 173 Å². The fraction of sp³-hybridized carbons (Fsp3) is 1.00. The van der Waals surface area contributed by atoms with E-state index in [1.807, 2.05) is 0 Å². The molecule has 0 atom stereocenters. The van der Waals surface area contributed by atoms with Gasteiger partial charge in [0.2, 0.25) is 6.42 Å². The highest BCUT2D eigenvalue weighted by Crippen LogP contribution is 2.23. The van der Waals surface area contributed by atoms with E-state index in [2.05, 4.69) is 0 Å². The van der Waals surface area contributed by atoms with Crippen LogP contribution in [0.15, 0.2) is 0 Å². The van der Waals surface area contributed by atoms with Crippen molar-refractivity contribution in [1.82, 2.24) is 0 Å². The minimum atomic E-state index is -2.91. The van der Waals surface area contributed by atoms with E-state index in [-0.39, 0.29) is 0 Å². The lowest BCUT2D eigenvalue weighted by Crippen LogP contribution is -2.51. The minimum absolute atomic E-state index is 0.689. The van der Waals surface area contributed by atoms with Gasteiger partial charge in [0.05, 0.1) is 26.1 Å². The van der Waals surface area contributed by atoms with Crippen molar-refractivity contribution in [3.05, 3.63) is 40.5 Å². The monoisotopic (exact) mass is 252 g/mol. The first-order valence-corrected chi connectivity index (χ1v) is 4.25. The number of hydrogen-bond acceptors (Lipinski definition) is 8. The lowest BCUT2D eigenvalue weighted by atomic mass is 10.0. The molecule has 0 saturated carbocycles. The van der Waals surface area contributed by atoms with Crippen LogP contribution in [0.2, 0.25) is 0 Å². The fourth-order valence-corrected chi connectivity index (χ4v) is 1.14. The molecule has 0 unspecified atom stereocenters. The fourth-order valence-electron chi connectivity index (χ4n) is 1.14. The van der Waals surface area contributed by atoms with Gasteiger partial charge in [-0.15, -0.1) is 0 Å². The van der Waals surface area contributed by atoms with Gasteiger partial charge in [-0.2, -0.15) is 0 Å². The molecular formula is C5H8N4O8. The smallest absolute Gasteiger partial charge is 0.259 e. The van der Waals surface area contributed by atoms with Crippen molar-refractivity contribution < 1.29 is 19.7 Å². The third-order valence-electron chi connectivity index (χ3n) is 2.24. The largest absolute Gasteiger partial charge is 0.472 e. The van der Waals surface area contributed by atoms with Crippen LogP contribution in [0.3, 0.4) is 0 Å². The van der Waals surface area contributed by atoms with Gasteiger partial charge in [-0.1, -0.05) is 6.92 Å². The summed E-state index contributed by atoms with van der Waals surface area (Å²) in [7, 11) is 0. The van der Waals surface area contributed by atoms with Crippen molar-refractivity contribution in [1.29, 1.82) is 0 Å². The maximum atomic E-state index is 10.6. The molecule has 0 N–H and O–H groups in total. The molecule has 0 heterocycles. The van der Waals surface area contributed by atoms with Gasteiger partial charge in [0.15, 0.2) is 0 Å². The lowest BCUT2D eigenvalue weighted by molar-refractivity contribution is -0.824. The Labute approximate surface area is 92.8 Å². The number of nitrogens with zero attached hydrogens (tertiary/aromatic N) is 4. The second-order valence-corrected chi connectivity index (χ2v) is 3.11. The molecule has 0 aliphatic carbocycles. The lowest BCUT2D eigenvalue weighted by Gasteiger charge is -2.14. The second-order valence-electron chi connectivity index (χ2n) is 3.11. The summed E-state index contributed by atoms with van der Waals surface area (Å²) in [5.74, 6) is 0. The molecule has 0 aromatic rings. The summed E-state index contributed by atoms with van der Waals surface area (Å²) in [4.78, 5) is 36.3. The molecule has 0 fully saturated rings. The molecule has 0 aromatic carbocycles. The van der Waals surface area contributed by atoms with Crippen molar-refractivity contribution in [3.63, 3.8) is 0 Å². The molecule has 0 aliphatic heterocycles. The van der Waals surface area contributed by atoms with Gasteiger partial charge < -0.3 is 0 Å². The Morgan fingerprint density at radius 2 is 1.29 bits per heavy atom. The molecule has 0 rings (SSSR count). The van der Waals surface area contributed by atoms with Crippen LogP contribution in [0.5, 0.6) is 0 Å². The van der Waals surface area contributed by atoms with E-state index in [1.165, 1.54) is 0 Å². The zero-order chi connectivity index (χ0) is 13.8. The van der Waals surface area contributed by atoms with Crippen LogP contribution in [0.1, 0.15) is 19.8 Å². The summed E-state index contributed by atoms with van der Waals surface area (Å²) in [6.45, 7) is 1.06. The Bertz CT molecular complexity index is 339. The van der Waals surface area contributed by atoms with Crippen molar-refractivity contribution in [2.75, 3.05) is 0 Å². The molecule has 0 aromatic heterocycles. The number of hydrogen-bond donors (Lipinski definition) is 0. The van der Waals surface area contributed by atoms with E-state index >= 15 is 0 Å². The molecule has 0 spiro atoms. The Morgan fingerprint density at radius 3 is 1.47 bits per heavy atom. The maximum Gasteiger partial charge on any atom is 0.472 e. The zero-order valence-corrected chi connectivity index (χ0v) is 8.55. The van der Waals surface area contributed by atoms with E-state index in [0.717, 1.165) is 6.92 Å². The molecule has 0 bridgehead atoms. The van der Waals surface area contributed by atoms with E-state index in [9.17, 15) is 40.5 Å². The van der Waals surface area contributed by atoms with E-state index < -0.39 is 44.4 Å². The zero-order valence-electron chi connectivity index (χ0n) is 8.55. The molecule has 0 amide bonds. The molecule has 0 radical (unpaired) electrons. The van der Waals surface area contributed by atoms with Crippen molar-refractivity contribution >= 4 is 0 Å². The summed E-state index contributed by atoms with van der Waals surface area (Å²) in [5, 5.41) is 41.8. The van der Waals surface area contributed by atoms with Crippen molar-refractivity contribution in [2.45, 2.75) is 31.6 Å². The Morgan fingerprint density at radius 1 is 0.941 bits per heavy atom. The van der Waals surface area contributed by atoms with Crippen LogP contribution >= 0.6 is 0 Å². The Kier molecular flexibility index (Phi) is 4.37. The van der Waals surface area contributed by atoms with Crippen molar-refractivity contribution in [3.8, 4) is 0 Å². The molecule has 12 heteroatoms. The summed E-state index contributed by atoms with van der Waals surface area (Å²) in [6, 6.07) is 0. The van der Waals surface area contributed by atoms with Crippen LogP contribution in [0, 0.1) is 40.5 Å². The van der Waals surface area contributed by atoms with Gasteiger partial charge in [0.1, 0.15) is 0 Å². The molecular weight excluding hydrogens is 244 g/mol. The standard InChI is InChI=1S/C5H8N4O8/c1-2-5(8(14)15,9(16)17)3-4(6(10)11)7(12)13/h4H,2-3H2,1H3. The van der Waals surface area contributed by atoms with Crippen LogP contribution in [0.25, 0.3) is 0 Å². The summed E-state index contributed by atoms with van der Waals surface area (Å²) in [5.41, 5.74) is -2.91. The van der Waals surface area contributed by atoms with Crippen LogP contribution in [-0.2, 0) is 0 Å². The van der Waals surface area contributed by atoms with Crippen molar-refractivity contribution in [2.24, 2.45) is 0 Å². The van der Waals surface area contributed by atoms with E-state index in [4.69, 9.17) is 0 Å². The molecule has 0 aliphatic rings. The quantitative estimate of drug-likeness (QED) is 0.343. The molecule has 0 saturated heterocycles. The maximum absolute atomic E-state index is 10.6. The number of rotatable bonds is 7. The Hall–Kier alpha value is -2.40. The molecule has 17 heavy (non-hydrogen) atoms. The summed E-state index contributed by atoms with van der Waals surface area (Å²) in [6.07, 6.45) is -4.67. The van der Waals surface area contributed by atoms with Crippen LogP contribution in [0.4, 0.5) is 0 Å². The molecule has 12 nitrogen and oxygen atoms in total. The van der Waals surface area contributed by atoms with E-state index in [0.29, 0.717) is 0 Å². The van der Waals surface area contributed by atoms with Gasteiger partial charge in [0.25, 0.3) is 0 Å². The van der Waals surface area contributed by atoms with Gasteiger partial charge in [0, 0.05) is 0 Å². The SMILES string of the molecule is CCC(CC([N+](=O)[O-])[N+](=O)[O-])([N+](=O)[O-])[N+](=O)[O-]. The predicted molar refractivity (Wildman–Crippen MR) is 49.4 cm³/mol. The highest BCUT2D eigenvalue weighted by atomic mass is 16.7. The number of nitro groups is 4. The summed E-state index contributed by atoms with van der Waals surface area (Å²) >= 11 is 0. The first-order chi connectivity index (χ1) is 7.69. The molecule has 96 valence electrons. The highest BCUT2D eigenvalue weighted by Gasteiger charge is 2.62. The van der Waals surface area contributed by atoms with Gasteiger partial charge in [-0.05, 0) is 0 Å². The predicted octanol–water partition coefficient (Wildman–Crippen LogP) is -0.0843. The second kappa shape index (κ2) is 5.09. The average molecular weight is 252 g/mol. The first-order valence-electron chi connectivity index (χ1n) is 4.25. The Balaban J connectivity index is 5.37. The van der Waals surface area contributed by atoms with Crippen LogP contribution in [-0.4, -0.2) is 31.5 Å². The third kappa shape index (κ3) is 2.79. The third-order valence-corrected chi connectivity index (χ3v) is 2.24. The summed E-state index contributed by atoms with van der Waals surface area (Å²) < 4.78 is 0. The highest BCUT2D eigenvalue weighted by molar-refractivity contribution is 4.67. The average Bonchev–Trinajstić information content (AvgIpc) is 2.17. The minimum Gasteiger partial charge on any atom is -0.259 e. The first kappa shape index (κ1) is 14.6.